The Kier molecular flexibility index (Phi) is 3.68. The van der Waals surface area contributed by atoms with E-state index in [1.165, 1.54) is 0 Å². The summed E-state index contributed by atoms with van der Waals surface area (Å²) in [5.74, 6) is 0.856. The second-order valence-corrected chi connectivity index (χ2v) is 4.45. The van der Waals surface area contributed by atoms with Crippen molar-refractivity contribution in [3.63, 3.8) is 0 Å². The van der Waals surface area contributed by atoms with Gasteiger partial charge in [0.25, 0.3) is 0 Å². The van der Waals surface area contributed by atoms with Gasteiger partial charge < -0.3 is 4.74 Å². The van der Waals surface area contributed by atoms with Crippen LogP contribution in [0.25, 0.3) is 11.1 Å². The summed E-state index contributed by atoms with van der Waals surface area (Å²) in [6, 6.07) is 11.3. The van der Waals surface area contributed by atoms with E-state index in [0.29, 0.717) is 10.6 Å². The summed E-state index contributed by atoms with van der Waals surface area (Å²) in [6.45, 7) is 1.99. The van der Waals surface area contributed by atoms with Crippen LogP contribution in [0.2, 0.25) is 5.02 Å². The van der Waals surface area contributed by atoms with Crippen LogP contribution in [0.3, 0.4) is 0 Å². The van der Waals surface area contributed by atoms with Gasteiger partial charge in [-0.05, 0) is 47.9 Å². The zero-order valence-electron chi connectivity index (χ0n) is 10.2. The van der Waals surface area contributed by atoms with Crippen LogP contribution in [0.15, 0.2) is 36.4 Å². The molecule has 0 aliphatic carbocycles. The molecule has 2 aromatic rings. The van der Waals surface area contributed by atoms with E-state index in [4.69, 9.17) is 16.3 Å². The minimum Gasteiger partial charge on any atom is -0.496 e. The van der Waals surface area contributed by atoms with E-state index in [1.54, 1.807) is 19.2 Å². The van der Waals surface area contributed by atoms with Gasteiger partial charge in [0.2, 0.25) is 0 Å². The molecule has 0 aliphatic rings. The smallest absolute Gasteiger partial charge is 0.151 e. The lowest BCUT2D eigenvalue weighted by atomic mass is 10.0. The Hall–Kier alpha value is -1.80. The minimum absolute atomic E-state index is 0.468. The highest BCUT2D eigenvalue weighted by molar-refractivity contribution is 6.33. The van der Waals surface area contributed by atoms with Gasteiger partial charge in [-0.2, -0.15) is 0 Å². The molecule has 0 saturated heterocycles. The van der Waals surface area contributed by atoms with Gasteiger partial charge in [-0.15, -0.1) is 0 Å². The number of hydrogen-bond acceptors (Lipinski definition) is 2. The van der Waals surface area contributed by atoms with E-state index in [-0.39, 0.29) is 0 Å². The van der Waals surface area contributed by atoms with Gasteiger partial charge in [0.1, 0.15) is 5.75 Å². The molecule has 2 rings (SSSR count). The third-order valence-electron chi connectivity index (χ3n) is 2.86. The maximum atomic E-state index is 10.7. The molecular formula is C15H13ClO2. The Labute approximate surface area is 111 Å². The quantitative estimate of drug-likeness (QED) is 0.776. The largest absolute Gasteiger partial charge is 0.496 e. The fourth-order valence-corrected chi connectivity index (χ4v) is 2.09. The predicted molar refractivity (Wildman–Crippen MR) is 73.6 cm³/mol. The van der Waals surface area contributed by atoms with E-state index in [9.17, 15) is 4.79 Å². The Bertz CT molecular complexity index is 591. The first-order valence-electron chi connectivity index (χ1n) is 5.55. The fourth-order valence-electron chi connectivity index (χ4n) is 1.86. The molecule has 3 heteroatoms. The van der Waals surface area contributed by atoms with E-state index in [2.05, 4.69) is 0 Å². The average Bonchev–Trinajstić information content (AvgIpc) is 2.38. The number of aryl methyl sites for hydroxylation is 1. The number of ether oxygens (including phenoxy) is 1. The second-order valence-electron chi connectivity index (χ2n) is 4.04. The number of benzene rings is 2. The number of hydrogen-bond donors (Lipinski definition) is 0. The molecular weight excluding hydrogens is 248 g/mol. The summed E-state index contributed by atoms with van der Waals surface area (Å²) in [6.07, 6.45) is 0.755. The lowest BCUT2D eigenvalue weighted by Crippen LogP contribution is -1.88. The lowest BCUT2D eigenvalue weighted by molar-refractivity contribution is 0.112. The maximum Gasteiger partial charge on any atom is 0.151 e. The molecule has 0 bridgehead atoms. The van der Waals surface area contributed by atoms with E-state index >= 15 is 0 Å². The van der Waals surface area contributed by atoms with Crippen molar-refractivity contribution in [3.8, 4) is 16.9 Å². The molecule has 0 spiro atoms. The molecule has 0 radical (unpaired) electrons. The van der Waals surface area contributed by atoms with E-state index < -0.39 is 0 Å². The molecule has 92 valence electrons. The fraction of sp³-hybridized carbons (Fsp3) is 0.133. The number of aldehydes is 1. The van der Waals surface area contributed by atoms with Crippen molar-refractivity contribution in [1.82, 2.24) is 0 Å². The molecule has 0 saturated carbocycles. The number of carbonyl (C=O) groups excluding carboxylic acids is 1. The molecule has 0 fully saturated rings. The maximum absolute atomic E-state index is 10.7. The average molecular weight is 261 g/mol. The summed E-state index contributed by atoms with van der Waals surface area (Å²) in [7, 11) is 1.65. The van der Waals surface area contributed by atoms with Gasteiger partial charge in [-0.3, -0.25) is 4.79 Å². The zero-order valence-corrected chi connectivity index (χ0v) is 11.0. The van der Waals surface area contributed by atoms with Crippen molar-refractivity contribution in [2.24, 2.45) is 0 Å². The zero-order chi connectivity index (χ0) is 13.1. The summed E-state index contributed by atoms with van der Waals surface area (Å²) in [4.78, 5) is 10.7. The van der Waals surface area contributed by atoms with Crippen molar-refractivity contribution in [3.05, 3.63) is 52.5 Å². The molecule has 0 atom stereocenters. The number of methoxy groups -OCH3 is 1. The standard InChI is InChI=1S/C15H13ClO2/c1-10-7-11(5-6-15(10)18-2)12-3-4-13(9-17)14(16)8-12/h3-9H,1-2H3. The van der Waals surface area contributed by atoms with Gasteiger partial charge in [0, 0.05) is 5.56 Å². The van der Waals surface area contributed by atoms with Crippen molar-refractivity contribution < 1.29 is 9.53 Å². The molecule has 0 N–H and O–H groups in total. The first-order chi connectivity index (χ1) is 8.65. The molecule has 18 heavy (non-hydrogen) atoms. The van der Waals surface area contributed by atoms with Crippen molar-refractivity contribution in [2.45, 2.75) is 6.92 Å². The highest BCUT2D eigenvalue weighted by Crippen LogP contribution is 2.28. The first-order valence-corrected chi connectivity index (χ1v) is 5.93. The van der Waals surface area contributed by atoms with Gasteiger partial charge >= 0.3 is 0 Å². The van der Waals surface area contributed by atoms with Crippen LogP contribution in [0.4, 0.5) is 0 Å². The van der Waals surface area contributed by atoms with E-state index in [0.717, 1.165) is 28.7 Å². The van der Waals surface area contributed by atoms with E-state index in [1.807, 2.05) is 31.2 Å². The molecule has 0 amide bonds. The van der Waals surface area contributed by atoms with Gasteiger partial charge in [-0.25, -0.2) is 0 Å². The third-order valence-corrected chi connectivity index (χ3v) is 3.18. The minimum atomic E-state index is 0.468. The normalized spacial score (nSPS) is 10.2. The Morgan fingerprint density at radius 2 is 1.78 bits per heavy atom. The summed E-state index contributed by atoms with van der Waals surface area (Å²) in [5.41, 5.74) is 3.60. The van der Waals surface area contributed by atoms with Gasteiger partial charge in [-0.1, -0.05) is 23.7 Å². The Morgan fingerprint density at radius 3 is 2.33 bits per heavy atom. The van der Waals surface area contributed by atoms with Crippen LogP contribution in [-0.4, -0.2) is 13.4 Å². The van der Waals surface area contributed by atoms with Crippen LogP contribution >= 0.6 is 11.6 Å². The predicted octanol–water partition coefficient (Wildman–Crippen LogP) is 4.14. The van der Waals surface area contributed by atoms with Gasteiger partial charge in [0.15, 0.2) is 6.29 Å². The van der Waals surface area contributed by atoms with Crippen molar-refractivity contribution in [2.75, 3.05) is 7.11 Å². The second kappa shape index (κ2) is 5.23. The molecule has 2 aromatic carbocycles. The highest BCUT2D eigenvalue weighted by Gasteiger charge is 2.05. The van der Waals surface area contributed by atoms with Crippen molar-refractivity contribution in [1.29, 1.82) is 0 Å². The van der Waals surface area contributed by atoms with Gasteiger partial charge in [0.05, 0.1) is 12.1 Å². The van der Waals surface area contributed by atoms with Crippen LogP contribution in [-0.2, 0) is 0 Å². The van der Waals surface area contributed by atoms with Crippen LogP contribution in [0.5, 0.6) is 5.75 Å². The Balaban J connectivity index is 2.45. The van der Waals surface area contributed by atoms with Crippen molar-refractivity contribution >= 4 is 17.9 Å². The molecule has 0 aliphatic heterocycles. The Morgan fingerprint density at radius 1 is 1.11 bits per heavy atom. The first kappa shape index (κ1) is 12.7. The number of rotatable bonds is 3. The monoisotopic (exact) mass is 260 g/mol. The number of halogens is 1. The topological polar surface area (TPSA) is 26.3 Å². The summed E-state index contributed by atoms with van der Waals surface area (Å²) >= 11 is 6.02. The lowest BCUT2D eigenvalue weighted by Gasteiger charge is -2.08. The highest BCUT2D eigenvalue weighted by atomic mass is 35.5. The van der Waals surface area contributed by atoms with Crippen LogP contribution in [0, 0.1) is 6.92 Å². The molecule has 2 nitrogen and oxygen atoms in total. The number of carbonyl (C=O) groups is 1. The summed E-state index contributed by atoms with van der Waals surface area (Å²) in [5, 5.41) is 0.468. The van der Waals surface area contributed by atoms with Crippen LogP contribution in [0.1, 0.15) is 15.9 Å². The molecule has 0 heterocycles. The molecule has 0 unspecified atom stereocenters. The molecule has 0 aromatic heterocycles. The SMILES string of the molecule is COc1ccc(-c2ccc(C=O)c(Cl)c2)cc1C. The van der Waals surface area contributed by atoms with Crippen LogP contribution < -0.4 is 4.74 Å². The third kappa shape index (κ3) is 2.39. The summed E-state index contributed by atoms with van der Waals surface area (Å²) < 4.78 is 5.22.